The van der Waals surface area contributed by atoms with Crippen LogP contribution >= 0.6 is 43.2 Å². The SMILES string of the molecule is NNC(Cc1nc2ccccc2s1)c1cc(Br)cc(Br)c1. The lowest BCUT2D eigenvalue weighted by Gasteiger charge is -2.15. The number of halogens is 2. The number of hydrogen-bond acceptors (Lipinski definition) is 4. The molecule has 0 aliphatic heterocycles. The van der Waals surface area contributed by atoms with Gasteiger partial charge in [0, 0.05) is 15.4 Å². The van der Waals surface area contributed by atoms with E-state index in [1.165, 1.54) is 4.70 Å². The van der Waals surface area contributed by atoms with Crippen LogP contribution < -0.4 is 11.3 Å². The minimum absolute atomic E-state index is 0.0272. The summed E-state index contributed by atoms with van der Waals surface area (Å²) < 4.78 is 3.26. The Bertz CT molecular complexity index is 719. The van der Waals surface area contributed by atoms with Gasteiger partial charge in [-0.25, -0.2) is 4.98 Å². The van der Waals surface area contributed by atoms with Gasteiger partial charge < -0.3 is 0 Å². The van der Waals surface area contributed by atoms with Crippen molar-refractivity contribution < 1.29 is 0 Å². The van der Waals surface area contributed by atoms with E-state index in [2.05, 4.69) is 60.5 Å². The number of hydrogen-bond donors (Lipinski definition) is 2. The normalized spacial score (nSPS) is 12.7. The molecular formula is C15H13Br2N3S. The van der Waals surface area contributed by atoms with Crippen LogP contribution in [0.4, 0.5) is 0 Å². The third-order valence-electron chi connectivity index (χ3n) is 3.21. The lowest BCUT2D eigenvalue weighted by atomic mass is 10.1. The second-order valence-electron chi connectivity index (χ2n) is 4.70. The zero-order valence-corrected chi connectivity index (χ0v) is 15.0. The summed E-state index contributed by atoms with van der Waals surface area (Å²) in [5.41, 5.74) is 5.06. The van der Waals surface area contributed by atoms with Gasteiger partial charge in [0.2, 0.25) is 0 Å². The number of thiazole rings is 1. The fourth-order valence-corrected chi connectivity index (χ4v) is 4.57. The second kappa shape index (κ2) is 6.54. The Balaban J connectivity index is 1.89. The van der Waals surface area contributed by atoms with E-state index >= 15 is 0 Å². The maximum absolute atomic E-state index is 5.74. The Kier molecular flexibility index (Phi) is 4.71. The Morgan fingerprint density at radius 2 is 1.86 bits per heavy atom. The van der Waals surface area contributed by atoms with Gasteiger partial charge in [0.15, 0.2) is 0 Å². The average Bonchev–Trinajstić information content (AvgIpc) is 2.86. The van der Waals surface area contributed by atoms with Gasteiger partial charge in [-0.3, -0.25) is 11.3 Å². The zero-order chi connectivity index (χ0) is 14.8. The van der Waals surface area contributed by atoms with Crippen LogP contribution in [0.15, 0.2) is 51.4 Å². The Hall–Kier alpha value is -0.790. The number of nitrogens with two attached hydrogens (primary N) is 1. The Labute approximate surface area is 143 Å². The highest BCUT2D eigenvalue weighted by molar-refractivity contribution is 9.11. The highest BCUT2D eigenvalue weighted by Crippen LogP contribution is 2.28. The van der Waals surface area contributed by atoms with Crippen LogP contribution in [0.1, 0.15) is 16.6 Å². The first-order valence-corrected chi connectivity index (χ1v) is 8.82. The summed E-state index contributed by atoms with van der Waals surface area (Å²) in [4.78, 5) is 4.67. The van der Waals surface area contributed by atoms with Gasteiger partial charge in [0.1, 0.15) is 0 Å². The number of fused-ring (bicyclic) bond motifs is 1. The summed E-state index contributed by atoms with van der Waals surface area (Å²) >= 11 is 8.74. The first-order valence-electron chi connectivity index (χ1n) is 6.42. The number of rotatable bonds is 4. The van der Waals surface area contributed by atoms with E-state index < -0.39 is 0 Å². The number of nitrogens with one attached hydrogen (secondary N) is 1. The highest BCUT2D eigenvalue weighted by atomic mass is 79.9. The van der Waals surface area contributed by atoms with Crippen molar-refractivity contribution in [2.45, 2.75) is 12.5 Å². The molecule has 2 aromatic carbocycles. The minimum Gasteiger partial charge on any atom is -0.271 e. The van der Waals surface area contributed by atoms with Gasteiger partial charge in [0.25, 0.3) is 0 Å². The summed E-state index contributed by atoms with van der Waals surface area (Å²) in [6.07, 6.45) is 0.763. The molecule has 3 rings (SSSR count). The standard InChI is InChI=1S/C15H13Br2N3S/c16-10-5-9(6-11(17)7-10)13(20-18)8-15-19-12-3-1-2-4-14(12)21-15/h1-7,13,20H,8,18H2. The zero-order valence-electron chi connectivity index (χ0n) is 11.0. The fourth-order valence-electron chi connectivity index (χ4n) is 2.23. The Morgan fingerprint density at radius 1 is 1.14 bits per heavy atom. The van der Waals surface area contributed by atoms with Crippen LogP contribution in [0, 0.1) is 0 Å². The number of hydrazine groups is 1. The molecule has 0 bridgehead atoms. The van der Waals surface area contributed by atoms with Gasteiger partial charge in [-0.2, -0.15) is 0 Å². The molecule has 0 fully saturated rings. The number of aromatic nitrogens is 1. The van der Waals surface area contributed by atoms with Crippen LogP contribution in [0.2, 0.25) is 0 Å². The smallest absolute Gasteiger partial charge is 0.0958 e. The van der Waals surface area contributed by atoms with Crippen molar-refractivity contribution in [2.75, 3.05) is 0 Å². The predicted molar refractivity (Wildman–Crippen MR) is 95.2 cm³/mol. The molecule has 108 valence electrons. The van der Waals surface area contributed by atoms with Crippen LogP contribution in [0.5, 0.6) is 0 Å². The molecule has 0 radical (unpaired) electrons. The van der Waals surface area contributed by atoms with Crippen LogP contribution in [0.25, 0.3) is 10.2 Å². The molecule has 1 atom stereocenters. The quantitative estimate of drug-likeness (QED) is 0.474. The maximum Gasteiger partial charge on any atom is 0.0958 e. The maximum atomic E-state index is 5.74. The minimum atomic E-state index is 0.0272. The summed E-state index contributed by atoms with van der Waals surface area (Å²) in [5.74, 6) is 5.74. The molecule has 0 saturated carbocycles. The van der Waals surface area contributed by atoms with E-state index in [1.54, 1.807) is 11.3 Å². The predicted octanol–water partition coefficient (Wildman–Crippen LogP) is 4.57. The molecule has 0 aliphatic carbocycles. The molecule has 0 spiro atoms. The highest BCUT2D eigenvalue weighted by Gasteiger charge is 2.14. The third kappa shape index (κ3) is 3.52. The molecule has 1 unspecified atom stereocenters. The number of para-hydroxylation sites is 1. The molecule has 0 amide bonds. The first kappa shape index (κ1) is 15.1. The van der Waals surface area contributed by atoms with E-state index in [0.29, 0.717) is 0 Å². The first-order chi connectivity index (χ1) is 10.2. The monoisotopic (exact) mass is 425 g/mol. The number of benzene rings is 2. The van der Waals surface area contributed by atoms with E-state index in [-0.39, 0.29) is 6.04 Å². The van der Waals surface area contributed by atoms with Gasteiger partial charge in [-0.1, -0.05) is 44.0 Å². The van der Waals surface area contributed by atoms with Gasteiger partial charge >= 0.3 is 0 Å². The molecule has 0 saturated heterocycles. The second-order valence-corrected chi connectivity index (χ2v) is 7.65. The van der Waals surface area contributed by atoms with Crippen LogP contribution in [0.3, 0.4) is 0 Å². The molecule has 1 heterocycles. The molecule has 0 aliphatic rings. The van der Waals surface area contributed by atoms with Crippen molar-refractivity contribution in [1.82, 2.24) is 10.4 Å². The van der Waals surface area contributed by atoms with Crippen molar-refractivity contribution in [2.24, 2.45) is 5.84 Å². The fraction of sp³-hybridized carbons (Fsp3) is 0.133. The Morgan fingerprint density at radius 3 is 2.52 bits per heavy atom. The third-order valence-corrected chi connectivity index (χ3v) is 5.18. The van der Waals surface area contributed by atoms with E-state index in [1.807, 2.05) is 24.3 Å². The lowest BCUT2D eigenvalue weighted by molar-refractivity contribution is 0.550. The van der Waals surface area contributed by atoms with Crippen molar-refractivity contribution in [1.29, 1.82) is 0 Å². The summed E-state index contributed by atoms with van der Waals surface area (Å²) in [7, 11) is 0. The molecule has 1 aromatic heterocycles. The molecule has 21 heavy (non-hydrogen) atoms. The van der Waals surface area contributed by atoms with Crippen LogP contribution in [-0.2, 0) is 6.42 Å². The van der Waals surface area contributed by atoms with E-state index in [9.17, 15) is 0 Å². The summed E-state index contributed by atoms with van der Waals surface area (Å²) in [5, 5.41) is 1.08. The van der Waals surface area contributed by atoms with Crippen LogP contribution in [-0.4, -0.2) is 4.98 Å². The topological polar surface area (TPSA) is 50.9 Å². The van der Waals surface area contributed by atoms with Crippen molar-refractivity contribution in [3.8, 4) is 0 Å². The molecule has 3 aromatic rings. The molecule has 6 heteroatoms. The average molecular weight is 427 g/mol. The van der Waals surface area contributed by atoms with Crippen molar-refractivity contribution in [3.05, 3.63) is 62.0 Å². The van der Waals surface area contributed by atoms with Crippen molar-refractivity contribution in [3.63, 3.8) is 0 Å². The van der Waals surface area contributed by atoms with Gasteiger partial charge in [0.05, 0.1) is 21.3 Å². The van der Waals surface area contributed by atoms with Crippen molar-refractivity contribution >= 4 is 53.4 Å². The molecule has 3 N–H and O–H groups in total. The van der Waals surface area contributed by atoms with Gasteiger partial charge in [-0.05, 0) is 35.9 Å². The molecular weight excluding hydrogens is 414 g/mol. The summed E-state index contributed by atoms with van der Waals surface area (Å²) in [6, 6.07) is 14.4. The van der Waals surface area contributed by atoms with Gasteiger partial charge in [-0.15, -0.1) is 11.3 Å². The lowest BCUT2D eigenvalue weighted by Crippen LogP contribution is -2.29. The van der Waals surface area contributed by atoms with E-state index in [4.69, 9.17) is 5.84 Å². The largest absolute Gasteiger partial charge is 0.271 e. The van der Waals surface area contributed by atoms with E-state index in [0.717, 1.165) is 31.5 Å². The number of nitrogens with zero attached hydrogens (tertiary/aromatic N) is 1. The summed E-state index contributed by atoms with van der Waals surface area (Å²) in [6.45, 7) is 0. The molecule has 3 nitrogen and oxygen atoms in total.